The Morgan fingerprint density at radius 1 is 1.12 bits per heavy atom. The van der Waals surface area contributed by atoms with Gasteiger partial charge in [0.05, 0.1) is 5.69 Å². The second kappa shape index (κ2) is 4.98. The van der Waals surface area contributed by atoms with Crippen LogP contribution in [0.25, 0.3) is 0 Å². The molecule has 0 saturated heterocycles. The number of nitrogens with one attached hydrogen (secondary N) is 2. The Balaban J connectivity index is 2.00. The number of pyridine rings is 1. The molecule has 2 aromatic rings. The third-order valence-electron chi connectivity index (χ3n) is 2.17. The van der Waals surface area contributed by atoms with Gasteiger partial charge in [-0.15, -0.1) is 0 Å². The minimum absolute atomic E-state index is 0.240. The van der Waals surface area contributed by atoms with Crippen LogP contribution in [0.4, 0.5) is 11.5 Å². The van der Waals surface area contributed by atoms with Crippen molar-refractivity contribution >= 4 is 17.4 Å². The van der Waals surface area contributed by atoms with Crippen LogP contribution in [-0.4, -0.2) is 10.9 Å². The van der Waals surface area contributed by atoms with Crippen molar-refractivity contribution in [3.8, 4) is 0 Å². The molecular formula is C12H12N4O. The summed E-state index contributed by atoms with van der Waals surface area (Å²) in [7, 11) is 0. The number of carbonyl (C=O) groups excluding carboxylic acids is 1. The highest BCUT2D eigenvalue weighted by Gasteiger charge is 2.04. The molecule has 1 aromatic carbocycles. The molecule has 2 rings (SSSR count). The van der Waals surface area contributed by atoms with Gasteiger partial charge in [-0.2, -0.15) is 0 Å². The van der Waals surface area contributed by atoms with E-state index in [1.165, 1.54) is 0 Å². The van der Waals surface area contributed by atoms with E-state index in [1.54, 1.807) is 42.6 Å². The molecule has 0 unspecified atom stereocenters. The summed E-state index contributed by atoms with van der Waals surface area (Å²) in [5.74, 6) is 0.187. The molecule has 0 saturated carbocycles. The van der Waals surface area contributed by atoms with Crippen LogP contribution in [0.5, 0.6) is 0 Å². The van der Waals surface area contributed by atoms with E-state index in [0.29, 0.717) is 17.1 Å². The number of anilines is 2. The van der Waals surface area contributed by atoms with E-state index in [9.17, 15) is 4.79 Å². The van der Waals surface area contributed by atoms with E-state index in [-0.39, 0.29) is 5.91 Å². The Morgan fingerprint density at radius 3 is 2.59 bits per heavy atom. The minimum atomic E-state index is -0.240. The Labute approximate surface area is 98.6 Å². The molecule has 5 nitrogen and oxygen atoms in total. The molecule has 0 radical (unpaired) electrons. The lowest BCUT2D eigenvalue weighted by Crippen LogP contribution is -2.30. The predicted molar refractivity (Wildman–Crippen MR) is 66.2 cm³/mol. The summed E-state index contributed by atoms with van der Waals surface area (Å²) in [6.45, 7) is 0. The second-order valence-electron chi connectivity index (χ2n) is 3.39. The van der Waals surface area contributed by atoms with Crippen LogP contribution in [-0.2, 0) is 0 Å². The predicted octanol–water partition coefficient (Wildman–Crippen LogP) is 1.42. The van der Waals surface area contributed by atoms with Gasteiger partial charge in [0.25, 0.3) is 5.91 Å². The molecule has 0 aliphatic rings. The average Bonchev–Trinajstić information content (AvgIpc) is 2.38. The van der Waals surface area contributed by atoms with Crippen LogP contribution in [0, 0.1) is 0 Å². The van der Waals surface area contributed by atoms with Crippen LogP contribution in [0.15, 0.2) is 48.7 Å². The zero-order chi connectivity index (χ0) is 12.1. The van der Waals surface area contributed by atoms with Crippen LogP contribution < -0.4 is 16.6 Å². The van der Waals surface area contributed by atoms with Gasteiger partial charge in [-0.25, -0.2) is 4.98 Å². The van der Waals surface area contributed by atoms with Crippen molar-refractivity contribution in [2.45, 2.75) is 0 Å². The number of hydrogen-bond acceptors (Lipinski definition) is 4. The Bertz CT molecular complexity index is 513. The number of aromatic nitrogens is 1. The normalized spacial score (nSPS) is 9.65. The summed E-state index contributed by atoms with van der Waals surface area (Å²) < 4.78 is 0. The number of hydrazine groups is 1. The fourth-order valence-corrected chi connectivity index (χ4v) is 1.30. The molecule has 0 fully saturated rings. The Kier molecular flexibility index (Phi) is 3.20. The van der Waals surface area contributed by atoms with Crippen molar-refractivity contribution in [1.82, 2.24) is 10.4 Å². The molecule has 1 heterocycles. The maximum Gasteiger partial charge on any atom is 0.269 e. The highest BCUT2D eigenvalue weighted by Crippen LogP contribution is 2.11. The van der Waals surface area contributed by atoms with Gasteiger partial charge in [0.15, 0.2) is 5.82 Å². The van der Waals surface area contributed by atoms with Gasteiger partial charge in [0, 0.05) is 11.8 Å². The molecule has 17 heavy (non-hydrogen) atoms. The molecule has 86 valence electrons. The number of nitrogen functional groups attached to an aromatic ring is 1. The van der Waals surface area contributed by atoms with Crippen molar-refractivity contribution in [1.29, 1.82) is 0 Å². The van der Waals surface area contributed by atoms with E-state index in [2.05, 4.69) is 15.8 Å². The van der Waals surface area contributed by atoms with E-state index in [1.807, 2.05) is 6.07 Å². The first-order chi connectivity index (χ1) is 8.27. The monoisotopic (exact) mass is 228 g/mol. The molecule has 0 aliphatic heterocycles. The first-order valence-corrected chi connectivity index (χ1v) is 5.09. The number of nitrogens with two attached hydrogens (primary N) is 1. The van der Waals surface area contributed by atoms with Crippen molar-refractivity contribution in [3.63, 3.8) is 0 Å². The molecular weight excluding hydrogens is 216 g/mol. The van der Waals surface area contributed by atoms with Crippen LogP contribution in [0.2, 0.25) is 0 Å². The standard InChI is InChI=1S/C12H12N4O/c13-10-7-4-8-14-11(10)15-16-12(17)9-5-2-1-3-6-9/h1-8H,13H2,(H,14,15)(H,16,17). The molecule has 0 atom stereocenters. The number of benzene rings is 1. The number of rotatable bonds is 3. The second-order valence-corrected chi connectivity index (χ2v) is 3.39. The zero-order valence-corrected chi connectivity index (χ0v) is 9.05. The van der Waals surface area contributed by atoms with Gasteiger partial charge in [0.2, 0.25) is 0 Å². The van der Waals surface area contributed by atoms with Crippen LogP contribution in [0.1, 0.15) is 10.4 Å². The SMILES string of the molecule is Nc1cccnc1NNC(=O)c1ccccc1. The molecule has 1 aromatic heterocycles. The first-order valence-electron chi connectivity index (χ1n) is 5.09. The fourth-order valence-electron chi connectivity index (χ4n) is 1.30. The lowest BCUT2D eigenvalue weighted by atomic mass is 10.2. The zero-order valence-electron chi connectivity index (χ0n) is 9.05. The highest BCUT2D eigenvalue weighted by atomic mass is 16.2. The van der Waals surface area contributed by atoms with Crippen molar-refractivity contribution < 1.29 is 4.79 Å². The summed E-state index contributed by atoms with van der Waals surface area (Å²) in [6, 6.07) is 12.3. The van der Waals surface area contributed by atoms with Gasteiger partial charge in [-0.3, -0.25) is 15.6 Å². The Morgan fingerprint density at radius 2 is 1.88 bits per heavy atom. The number of carbonyl (C=O) groups is 1. The topological polar surface area (TPSA) is 80.0 Å². The summed E-state index contributed by atoms with van der Waals surface area (Å²) in [5, 5.41) is 0. The summed E-state index contributed by atoms with van der Waals surface area (Å²) in [4.78, 5) is 15.7. The van der Waals surface area contributed by atoms with Gasteiger partial charge in [0.1, 0.15) is 0 Å². The molecule has 0 bridgehead atoms. The van der Waals surface area contributed by atoms with Crippen molar-refractivity contribution in [2.24, 2.45) is 0 Å². The van der Waals surface area contributed by atoms with E-state index >= 15 is 0 Å². The van der Waals surface area contributed by atoms with Crippen LogP contribution in [0.3, 0.4) is 0 Å². The molecule has 4 N–H and O–H groups in total. The smallest absolute Gasteiger partial charge is 0.269 e. The van der Waals surface area contributed by atoms with Crippen molar-refractivity contribution in [2.75, 3.05) is 11.2 Å². The van der Waals surface area contributed by atoms with Gasteiger partial charge >= 0.3 is 0 Å². The molecule has 0 aliphatic carbocycles. The quantitative estimate of drug-likeness (QED) is 0.694. The van der Waals surface area contributed by atoms with Gasteiger partial charge in [-0.1, -0.05) is 18.2 Å². The fraction of sp³-hybridized carbons (Fsp3) is 0. The third-order valence-corrected chi connectivity index (χ3v) is 2.17. The maximum atomic E-state index is 11.7. The minimum Gasteiger partial charge on any atom is -0.396 e. The van der Waals surface area contributed by atoms with E-state index in [0.717, 1.165) is 0 Å². The molecule has 0 spiro atoms. The van der Waals surface area contributed by atoms with Crippen LogP contribution >= 0.6 is 0 Å². The number of hydrogen-bond donors (Lipinski definition) is 3. The molecule has 5 heteroatoms. The third kappa shape index (κ3) is 2.72. The lowest BCUT2D eigenvalue weighted by molar-refractivity contribution is 0.0962. The largest absolute Gasteiger partial charge is 0.396 e. The lowest BCUT2D eigenvalue weighted by Gasteiger charge is -2.09. The highest BCUT2D eigenvalue weighted by molar-refractivity contribution is 5.94. The van der Waals surface area contributed by atoms with Gasteiger partial charge in [-0.05, 0) is 24.3 Å². The summed E-state index contributed by atoms with van der Waals surface area (Å²) in [6.07, 6.45) is 1.59. The molecule has 1 amide bonds. The average molecular weight is 228 g/mol. The summed E-state index contributed by atoms with van der Waals surface area (Å²) in [5.41, 5.74) is 11.9. The van der Waals surface area contributed by atoms with E-state index in [4.69, 9.17) is 5.73 Å². The number of amides is 1. The Hall–Kier alpha value is -2.56. The van der Waals surface area contributed by atoms with E-state index < -0.39 is 0 Å². The van der Waals surface area contributed by atoms with Gasteiger partial charge < -0.3 is 5.73 Å². The van der Waals surface area contributed by atoms with Crippen molar-refractivity contribution in [3.05, 3.63) is 54.2 Å². The summed E-state index contributed by atoms with van der Waals surface area (Å²) >= 11 is 0. The first kappa shape index (κ1) is 10.9. The maximum absolute atomic E-state index is 11.7. The number of nitrogens with zero attached hydrogens (tertiary/aromatic N) is 1.